The first kappa shape index (κ1) is 21.8. The summed E-state index contributed by atoms with van der Waals surface area (Å²) in [6, 6.07) is 8.68. The van der Waals surface area contributed by atoms with E-state index in [1.807, 2.05) is 31.7 Å². The second kappa shape index (κ2) is 10.1. The highest BCUT2D eigenvalue weighted by Gasteiger charge is 2.26. The van der Waals surface area contributed by atoms with Crippen molar-refractivity contribution in [3.8, 4) is 0 Å². The molecule has 7 heteroatoms. The van der Waals surface area contributed by atoms with Crippen LogP contribution in [0, 0.1) is 5.82 Å². The number of aliphatic imine (C=N–C) groups is 1. The maximum atomic E-state index is 14.4. The van der Waals surface area contributed by atoms with Crippen LogP contribution in [0.25, 0.3) is 0 Å². The highest BCUT2D eigenvalue weighted by Crippen LogP contribution is 2.21. The number of benzene rings is 1. The lowest BCUT2D eigenvalue weighted by molar-refractivity contribution is 0.0386. The quantitative estimate of drug-likeness (QED) is 0.453. The van der Waals surface area contributed by atoms with E-state index in [0.29, 0.717) is 30.5 Å². The minimum Gasteiger partial charge on any atom is -0.466 e. The lowest BCUT2D eigenvalue weighted by atomic mass is 10.0. The molecule has 0 saturated heterocycles. The molecule has 0 bridgehead atoms. The van der Waals surface area contributed by atoms with Gasteiger partial charge in [0.15, 0.2) is 5.96 Å². The molecule has 0 aliphatic carbocycles. The number of halogens is 1. The molecule has 1 aromatic carbocycles. The predicted molar refractivity (Wildman–Crippen MR) is 111 cm³/mol. The van der Waals surface area contributed by atoms with Crippen LogP contribution in [-0.4, -0.2) is 37.2 Å². The van der Waals surface area contributed by atoms with Crippen molar-refractivity contribution in [3.63, 3.8) is 0 Å². The fourth-order valence-corrected chi connectivity index (χ4v) is 2.91. The van der Waals surface area contributed by atoms with Crippen molar-refractivity contribution >= 4 is 11.6 Å². The van der Waals surface area contributed by atoms with E-state index in [2.05, 4.69) is 15.6 Å². The molecule has 154 valence electrons. The molecule has 0 saturated carbocycles. The Kier molecular flexibility index (Phi) is 7.87. The van der Waals surface area contributed by atoms with Crippen molar-refractivity contribution in [1.29, 1.82) is 0 Å². The molecule has 0 aliphatic heterocycles. The summed E-state index contributed by atoms with van der Waals surface area (Å²) in [4.78, 5) is 6.47. The Hall–Kier alpha value is -2.54. The molecule has 1 aromatic heterocycles. The van der Waals surface area contributed by atoms with Crippen LogP contribution in [0.4, 0.5) is 10.1 Å². The van der Waals surface area contributed by atoms with Gasteiger partial charge in [0.1, 0.15) is 17.2 Å². The van der Waals surface area contributed by atoms with Crippen LogP contribution in [-0.2, 0) is 12.1 Å². The molecule has 2 rings (SSSR count). The van der Waals surface area contributed by atoms with E-state index in [1.165, 1.54) is 12.3 Å². The van der Waals surface area contributed by atoms with Crippen molar-refractivity contribution in [2.24, 2.45) is 4.99 Å². The van der Waals surface area contributed by atoms with E-state index in [0.717, 1.165) is 18.7 Å². The molecular weight excluding hydrogens is 359 g/mol. The van der Waals surface area contributed by atoms with Gasteiger partial charge in [-0.05, 0) is 57.5 Å². The number of aliphatic hydroxyl groups is 1. The normalized spacial score (nSPS) is 13.9. The molecule has 6 nitrogen and oxygen atoms in total. The molecule has 0 aliphatic rings. The summed E-state index contributed by atoms with van der Waals surface area (Å²) in [5.41, 5.74) is 0.220. The predicted octanol–water partition coefficient (Wildman–Crippen LogP) is 3.23. The van der Waals surface area contributed by atoms with Crippen LogP contribution in [0.3, 0.4) is 0 Å². The fraction of sp³-hybridized carbons (Fsp3) is 0.476. The largest absolute Gasteiger partial charge is 0.466 e. The molecule has 28 heavy (non-hydrogen) atoms. The molecule has 0 amide bonds. The number of guanidine groups is 1. The molecule has 0 fully saturated rings. The number of nitrogens with zero attached hydrogens (tertiary/aromatic N) is 2. The van der Waals surface area contributed by atoms with Gasteiger partial charge in [0, 0.05) is 19.6 Å². The average molecular weight is 391 g/mol. The van der Waals surface area contributed by atoms with E-state index in [9.17, 15) is 9.50 Å². The minimum atomic E-state index is -1.17. The van der Waals surface area contributed by atoms with Crippen LogP contribution in [0.1, 0.15) is 39.0 Å². The zero-order valence-corrected chi connectivity index (χ0v) is 17.1. The van der Waals surface area contributed by atoms with Gasteiger partial charge >= 0.3 is 0 Å². The number of nitrogens with one attached hydrogen (secondary N) is 2. The third kappa shape index (κ3) is 5.73. The zero-order valence-electron chi connectivity index (χ0n) is 17.1. The number of rotatable bonds is 9. The molecule has 1 unspecified atom stereocenters. The van der Waals surface area contributed by atoms with Crippen molar-refractivity contribution in [1.82, 2.24) is 10.6 Å². The van der Waals surface area contributed by atoms with Gasteiger partial charge in [-0.3, -0.25) is 0 Å². The van der Waals surface area contributed by atoms with Gasteiger partial charge in [-0.25, -0.2) is 9.38 Å². The Labute approximate surface area is 166 Å². The van der Waals surface area contributed by atoms with Crippen molar-refractivity contribution in [2.75, 3.05) is 31.1 Å². The number of anilines is 1. The monoisotopic (exact) mass is 390 g/mol. The lowest BCUT2D eigenvalue weighted by Crippen LogP contribution is -2.44. The van der Waals surface area contributed by atoms with E-state index >= 15 is 0 Å². The van der Waals surface area contributed by atoms with Gasteiger partial charge in [0.25, 0.3) is 0 Å². The number of furan rings is 1. The molecule has 3 N–H and O–H groups in total. The summed E-state index contributed by atoms with van der Waals surface area (Å²) in [5.74, 6) is 0.780. The molecule has 1 heterocycles. The lowest BCUT2D eigenvalue weighted by Gasteiger charge is -2.23. The standard InChI is InChI=1S/C21H31FN4O2/c1-5-23-20(25-15-21(4,27)19-9-8-12-28-19)24-14-16-10-11-18(17(22)13-16)26(6-2)7-3/h8-13,27H,5-7,14-15H2,1-4H3,(H2,23,24,25). The van der Waals surface area contributed by atoms with Crippen LogP contribution >= 0.6 is 0 Å². The summed E-state index contributed by atoms with van der Waals surface area (Å²) < 4.78 is 19.7. The maximum absolute atomic E-state index is 14.4. The second-order valence-corrected chi connectivity index (χ2v) is 6.76. The Balaban J connectivity index is 2.05. The third-order valence-electron chi connectivity index (χ3n) is 4.53. The maximum Gasteiger partial charge on any atom is 0.191 e. The van der Waals surface area contributed by atoms with E-state index in [1.54, 1.807) is 25.1 Å². The molecule has 2 aromatic rings. The Bertz CT molecular complexity index is 756. The molecule has 0 spiro atoms. The fourth-order valence-electron chi connectivity index (χ4n) is 2.91. The summed E-state index contributed by atoms with van der Waals surface area (Å²) in [5, 5.41) is 16.8. The van der Waals surface area contributed by atoms with Gasteiger partial charge in [-0.15, -0.1) is 0 Å². The first-order valence-electron chi connectivity index (χ1n) is 9.73. The van der Waals surface area contributed by atoms with Crippen molar-refractivity contribution in [3.05, 3.63) is 53.7 Å². The van der Waals surface area contributed by atoms with E-state index in [-0.39, 0.29) is 12.4 Å². The number of hydrogen-bond acceptors (Lipinski definition) is 4. The highest BCUT2D eigenvalue weighted by molar-refractivity contribution is 5.79. The SMILES string of the molecule is CCNC(=NCc1ccc(N(CC)CC)c(F)c1)NCC(C)(O)c1ccco1. The van der Waals surface area contributed by atoms with Gasteiger partial charge in [-0.1, -0.05) is 6.07 Å². The number of hydrogen-bond donors (Lipinski definition) is 3. The minimum absolute atomic E-state index is 0.224. The summed E-state index contributed by atoms with van der Waals surface area (Å²) in [6.07, 6.45) is 1.53. The highest BCUT2D eigenvalue weighted by atomic mass is 19.1. The Morgan fingerprint density at radius 3 is 2.54 bits per heavy atom. The Morgan fingerprint density at radius 2 is 1.96 bits per heavy atom. The van der Waals surface area contributed by atoms with Crippen LogP contribution in [0.15, 0.2) is 46.0 Å². The van der Waals surface area contributed by atoms with Gasteiger partial charge in [0.05, 0.1) is 25.0 Å². The van der Waals surface area contributed by atoms with Gasteiger partial charge in [0.2, 0.25) is 0 Å². The summed E-state index contributed by atoms with van der Waals surface area (Å²) in [6.45, 7) is 10.4. The van der Waals surface area contributed by atoms with Gasteiger partial charge < -0.3 is 25.1 Å². The summed E-state index contributed by atoms with van der Waals surface area (Å²) in [7, 11) is 0. The smallest absolute Gasteiger partial charge is 0.191 e. The average Bonchev–Trinajstić information content (AvgIpc) is 3.22. The zero-order chi connectivity index (χ0) is 20.6. The molecular formula is C21H31FN4O2. The van der Waals surface area contributed by atoms with Crippen LogP contribution < -0.4 is 15.5 Å². The third-order valence-corrected chi connectivity index (χ3v) is 4.53. The first-order valence-corrected chi connectivity index (χ1v) is 9.73. The second-order valence-electron chi connectivity index (χ2n) is 6.76. The van der Waals surface area contributed by atoms with Crippen LogP contribution in [0.5, 0.6) is 0 Å². The van der Waals surface area contributed by atoms with E-state index < -0.39 is 5.60 Å². The topological polar surface area (TPSA) is 73.0 Å². The van der Waals surface area contributed by atoms with Crippen molar-refractivity contribution < 1.29 is 13.9 Å². The van der Waals surface area contributed by atoms with E-state index in [4.69, 9.17) is 4.42 Å². The summed E-state index contributed by atoms with van der Waals surface area (Å²) >= 11 is 0. The van der Waals surface area contributed by atoms with Gasteiger partial charge in [-0.2, -0.15) is 0 Å². The Morgan fingerprint density at radius 1 is 1.21 bits per heavy atom. The van der Waals surface area contributed by atoms with Crippen molar-refractivity contribution in [2.45, 2.75) is 39.8 Å². The molecule has 0 radical (unpaired) electrons. The molecule has 1 atom stereocenters. The first-order chi connectivity index (χ1) is 13.4. The van der Waals surface area contributed by atoms with Crippen LogP contribution in [0.2, 0.25) is 0 Å².